The van der Waals surface area contributed by atoms with E-state index in [-0.39, 0.29) is 18.0 Å². The normalized spacial score (nSPS) is 17.1. The molecule has 1 atom stereocenters. The van der Waals surface area contributed by atoms with Crippen LogP contribution in [0.5, 0.6) is 0 Å². The summed E-state index contributed by atoms with van der Waals surface area (Å²) in [6.45, 7) is 0.390. The first-order valence-electron chi connectivity index (χ1n) is 10.5. The minimum absolute atomic E-state index is 0.0226. The van der Waals surface area contributed by atoms with Gasteiger partial charge >= 0.3 is 0 Å². The average molecular weight is 516 g/mol. The van der Waals surface area contributed by atoms with Crippen LogP contribution in [0.15, 0.2) is 77.8 Å². The van der Waals surface area contributed by atoms with Gasteiger partial charge in [-0.1, -0.05) is 59.2 Å². The van der Waals surface area contributed by atoms with Crippen molar-refractivity contribution >= 4 is 63.3 Å². The molecule has 1 unspecified atom stereocenters. The van der Waals surface area contributed by atoms with Crippen LogP contribution in [0.1, 0.15) is 12.0 Å². The Morgan fingerprint density at radius 1 is 1.03 bits per heavy atom. The number of hydrogen-bond donors (Lipinski definition) is 1. The zero-order chi connectivity index (χ0) is 24.1. The number of anilines is 1. The Balaban J connectivity index is 1.55. The number of carbonyl (C=O) groups is 2. The second-order valence-corrected chi connectivity index (χ2v) is 9.62. The van der Waals surface area contributed by atoms with E-state index in [9.17, 15) is 14.0 Å². The number of halogens is 3. The predicted octanol–water partition coefficient (Wildman–Crippen LogP) is 6.34. The van der Waals surface area contributed by atoms with Gasteiger partial charge in [0.05, 0.1) is 11.4 Å². The number of nitrogens with zero attached hydrogens (tertiary/aromatic N) is 2. The summed E-state index contributed by atoms with van der Waals surface area (Å²) in [6, 6.07) is 20.2. The monoisotopic (exact) mass is 515 g/mol. The first-order valence-corrected chi connectivity index (χ1v) is 12.1. The van der Waals surface area contributed by atoms with Crippen LogP contribution in [-0.4, -0.2) is 33.7 Å². The fourth-order valence-corrected chi connectivity index (χ4v) is 4.73. The maximum atomic E-state index is 14.0. The van der Waals surface area contributed by atoms with Crippen molar-refractivity contribution in [2.75, 3.05) is 11.9 Å². The van der Waals surface area contributed by atoms with Gasteiger partial charge in [0, 0.05) is 23.0 Å². The summed E-state index contributed by atoms with van der Waals surface area (Å²) in [4.78, 5) is 32.2. The van der Waals surface area contributed by atoms with Crippen LogP contribution >= 0.6 is 35.0 Å². The largest absolute Gasteiger partial charge is 0.323 e. The number of thioether (sulfide) groups is 1. The Morgan fingerprint density at radius 2 is 1.68 bits per heavy atom. The van der Waals surface area contributed by atoms with Crippen LogP contribution in [0.25, 0.3) is 0 Å². The van der Waals surface area contributed by atoms with Crippen molar-refractivity contribution in [3.05, 3.63) is 94.2 Å². The lowest BCUT2D eigenvalue weighted by Crippen LogP contribution is -2.46. The molecule has 0 aromatic heterocycles. The van der Waals surface area contributed by atoms with Gasteiger partial charge in [-0.05, 0) is 60.5 Å². The van der Waals surface area contributed by atoms with Crippen LogP contribution in [0, 0.1) is 5.82 Å². The number of benzene rings is 3. The third kappa shape index (κ3) is 6.17. The van der Waals surface area contributed by atoms with Crippen LogP contribution < -0.4 is 5.32 Å². The molecule has 1 aliphatic heterocycles. The first-order chi connectivity index (χ1) is 16.4. The SMILES string of the molecule is O=C(Nc1ccccc1F)C1CC(=O)N(CCc2ccc(Cl)cc2)C(=Nc2ccc(Cl)cc2)S1. The quantitative estimate of drug-likeness (QED) is 0.416. The summed E-state index contributed by atoms with van der Waals surface area (Å²) >= 11 is 13.1. The van der Waals surface area contributed by atoms with Crippen molar-refractivity contribution in [1.29, 1.82) is 0 Å². The van der Waals surface area contributed by atoms with E-state index >= 15 is 0 Å². The maximum Gasteiger partial charge on any atom is 0.238 e. The summed E-state index contributed by atoms with van der Waals surface area (Å²) in [6.07, 6.45) is 0.570. The molecule has 5 nitrogen and oxygen atoms in total. The minimum Gasteiger partial charge on any atom is -0.323 e. The molecule has 1 saturated heterocycles. The van der Waals surface area contributed by atoms with Gasteiger partial charge in [0.15, 0.2) is 5.17 Å². The van der Waals surface area contributed by atoms with Crippen LogP contribution in [0.3, 0.4) is 0 Å². The predicted molar refractivity (Wildman–Crippen MR) is 136 cm³/mol. The molecule has 3 aromatic rings. The second-order valence-electron chi connectivity index (χ2n) is 7.57. The molecule has 9 heteroatoms. The standard InChI is InChI=1S/C25H20Cl2FN3O2S/c26-17-7-5-16(6-8-17)13-14-31-23(32)15-22(24(33)30-21-4-2-1-3-20(21)28)34-25(31)29-19-11-9-18(27)10-12-19/h1-12,22H,13-15H2,(H,30,33). The number of nitrogens with one attached hydrogen (secondary N) is 1. The van der Waals surface area contributed by atoms with E-state index in [1.54, 1.807) is 53.4 Å². The zero-order valence-electron chi connectivity index (χ0n) is 17.9. The van der Waals surface area contributed by atoms with Gasteiger partial charge in [0.2, 0.25) is 11.8 Å². The van der Waals surface area contributed by atoms with Crippen LogP contribution in [0.2, 0.25) is 10.0 Å². The third-order valence-corrected chi connectivity index (χ3v) is 6.84. The number of para-hydroxylation sites is 1. The van der Waals surface area contributed by atoms with Gasteiger partial charge in [-0.3, -0.25) is 14.5 Å². The molecule has 0 aliphatic carbocycles. The van der Waals surface area contributed by atoms with Gasteiger partial charge in [-0.2, -0.15) is 0 Å². The molecule has 34 heavy (non-hydrogen) atoms. The molecule has 4 rings (SSSR count). The fourth-order valence-electron chi connectivity index (χ4n) is 3.36. The van der Waals surface area contributed by atoms with E-state index in [2.05, 4.69) is 10.3 Å². The fraction of sp³-hybridized carbons (Fsp3) is 0.160. The second kappa shape index (κ2) is 11.0. The van der Waals surface area contributed by atoms with Crippen LogP contribution in [-0.2, 0) is 16.0 Å². The van der Waals surface area contributed by atoms with Crippen molar-refractivity contribution in [2.45, 2.75) is 18.1 Å². The van der Waals surface area contributed by atoms with Gasteiger partial charge in [-0.25, -0.2) is 9.38 Å². The molecule has 3 aromatic carbocycles. The summed E-state index contributed by atoms with van der Waals surface area (Å²) in [5.74, 6) is -1.22. The van der Waals surface area contributed by atoms with Crippen molar-refractivity contribution in [1.82, 2.24) is 4.90 Å². The maximum absolute atomic E-state index is 14.0. The highest BCUT2D eigenvalue weighted by atomic mass is 35.5. The number of aliphatic imine (C=N–C) groups is 1. The van der Waals surface area contributed by atoms with E-state index in [1.165, 1.54) is 23.9 Å². The molecule has 0 spiro atoms. The van der Waals surface area contributed by atoms with E-state index < -0.39 is 17.0 Å². The Labute approximate surface area is 211 Å². The topological polar surface area (TPSA) is 61.8 Å². The minimum atomic E-state index is -0.745. The third-order valence-electron chi connectivity index (χ3n) is 5.15. The van der Waals surface area contributed by atoms with E-state index in [0.29, 0.717) is 33.9 Å². The molecular formula is C25H20Cl2FN3O2S. The number of amidine groups is 1. The highest BCUT2D eigenvalue weighted by Gasteiger charge is 2.36. The Bertz CT molecular complexity index is 1220. The molecule has 0 radical (unpaired) electrons. The molecule has 0 saturated carbocycles. The van der Waals surface area contributed by atoms with Crippen LogP contribution in [0.4, 0.5) is 15.8 Å². The Morgan fingerprint density at radius 3 is 2.35 bits per heavy atom. The number of hydrogen-bond acceptors (Lipinski definition) is 4. The van der Waals surface area contributed by atoms with E-state index in [0.717, 1.165) is 5.56 Å². The van der Waals surface area contributed by atoms with E-state index in [1.807, 2.05) is 12.1 Å². The Hall–Kier alpha value is -2.87. The smallest absolute Gasteiger partial charge is 0.238 e. The van der Waals surface area contributed by atoms with Crippen molar-refractivity contribution in [3.8, 4) is 0 Å². The lowest BCUT2D eigenvalue weighted by Gasteiger charge is -2.32. The number of rotatable bonds is 6. The van der Waals surface area contributed by atoms with Gasteiger partial charge < -0.3 is 5.32 Å². The molecule has 0 bridgehead atoms. The summed E-state index contributed by atoms with van der Waals surface area (Å²) < 4.78 is 14.0. The zero-order valence-corrected chi connectivity index (χ0v) is 20.2. The first kappa shape index (κ1) is 24.3. The number of carbonyl (C=O) groups excluding carboxylic acids is 2. The molecule has 1 aliphatic rings. The highest BCUT2D eigenvalue weighted by Crippen LogP contribution is 2.31. The van der Waals surface area contributed by atoms with Crippen molar-refractivity contribution < 1.29 is 14.0 Å². The lowest BCUT2D eigenvalue weighted by molar-refractivity contribution is -0.129. The van der Waals surface area contributed by atoms with Crippen molar-refractivity contribution in [2.24, 2.45) is 4.99 Å². The highest BCUT2D eigenvalue weighted by molar-refractivity contribution is 8.15. The molecule has 1 fully saturated rings. The van der Waals surface area contributed by atoms with Gasteiger partial charge in [0.1, 0.15) is 11.1 Å². The van der Waals surface area contributed by atoms with Crippen molar-refractivity contribution in [3.63, 3.8) is 0 Å². The van der Waals surface area contributed by atoms with E-state index in [4.69, 9.17) is 23.2 Å². The molecule has 2 amide bonds. The lowest BCUT2D eigenvalue weighted by atomic mass is 10.1. The van der Waals surface area contributed by atoms with Gasteiger partial charge in [0.25, 0.3) is 0 Å². The Kier molecular flexibility index (Phi) is 7.88. The number of amides is 2. The average Bonchev–Trinajstić information content (AvgIpc) is 2.82. The van der Waals surface area contributed by atoms with Gasteiger partial charge in [-0.15, -0.1) is 0 Å². The summed E-state index contributed by atoms with van der Waals surface area (Å²) in [7, 11) is 0. The molecule has 1 N–H and O–H groups in total. The summed E-state index contributed by atoms with van der Waals surface area (Å²) in [5, 5.41) is 3.45. The molecular weight excluding hydrogens is 496 g/mol. The molecule has 174 valence electrons. The molecule has 1 heterocycles. The summed E-state index contributed by atoms with van der Waals surface area (Å²) in [5.41, 5.74) is 1.70.